The Bertz CT molecular complexity index is 1110. The van der Waals surface area contributed by atoms with E-state index in [0.29, 0.717) is 35.7 Å². The molecule has 0 radical (unpaired) electrons. The number of alkyl carbamates (subject to hydrolysis) is 1. The summed E-state index contributed by atoms with van der Waals surface area (Å²) in [4.78, 5) is 35.2. The predicted molar refractivity (Wildman–Crippen MR) is 121 cm³/mol. The van der Waals surface area contributed by atoms with Crippen LogP contribution in [0.5, 0.6) is 5.75 Å². The Hall–Kier alpha value is -2.91. The third-order valence-electron chi connectivity index (χ3n) is 5.28. The van der Waals surface area contributed by atoms with Crippen molar-refractivity contribution in [3.05, 3.63) is 46.5 Å². The number of aromatic nitrogens is 2. The second-order valence-corrected chi connectivity index (χ2v) is 8.56. The van der Waals surface area contributed by atoms with E-state index < -0.39 is 0 Å². The van der Waals surface area contributed by atoms with E-state index >= 15 is 0 Å². The minimum atomic E-state index is -0.383. The number of nitrogens with zero attached hydrogens (tertiary/aromatic N) is 2. The molecule has 2 N–H and O–H groups in total. The highest BCUT2D eigenvalue weighted by Crippen LogP contribution is 2.31. The second kappa shape index (κ2) is 9.49. The first kappa shape index (κ1) is 21.3. The summed E-state index contributed by atoms with van der Waals surface area (Å²) in [5.41, 5.74) is 1.60. The average molecular weight is 443 g/mol. The smallest absolute Gasteiger partial charge is 0.407 e. The van der Waals surface area contributed by atoms with Crippen molar-refractivity contribution in [2.75, 3.05) is 26.8 Å². The number of likely N-dealkylation sites (tertiary alicyclic amines) is 1. The number of carbonyl (C=O) groups excluding carboxylic acids is 1. The fraction of sp³-hybridized carbons (Fsp3) is 0.409. The van der Waals surface area contributed by atoms with Gasteiger partial charge in [-0.2, -0.15) is 0 Å². The number of amides is 1. The fourth-order valence-corrected chi connectivity index (χ4v) is 4.83. The molecule has 3 aromatic rings. The maximum Gasteiger partial charge on any atom is 0.407 e. The number of carbonyl (C=O) groups is 1. The van der Waals surface area contributed by atoms with Gasteiger partial charge in [0, 0.05) is 17.5 Å². The van der Waals surface area contributed by atoms with E-state index in [1.807, 2.05) is 30.3 Å². The number of benzene rings is 1. The van der Waals surface area contributed by atoms with Gasteiger partial charge in [-0.1, -0.05) is 0 Å². The highest BCUT2D eigenvalue weighted by Gasteiger charge is 2.23. The molecule has 31 heavy (non-hydrogen) atoms. The molecule has 1 aliphatic heterocycles. The van der Waals surface area contributed by atoms with Crippen molar-refractivity contribution in [2.24, 2.45) is 0 Å². The molecule has 164 valence electrons. The normalized spacial score (nSPS) is 16.9. The van der Waals surface area contributed by atoms with Crippen LogP contribution in [-0.4, -0.2) is 53.8 Å². The first-order chi connectivity index (χ1) is 15.1. The standard InChI is InChI=1S/C22H26N4O4S/c1-3-30-22(28)23-15-5-4-10-26(12-15)13-19-24-17-11-18(31-20(17)21(27)25-19)14-6-8-16(29-2)9-7-14/h6-9,11,15H,3-5,10,12-13H2,1-2H3,(H,23,28)(H,24,25,27). The Morgan fingerprint density at radius 1 is 1.35 bits per heavy atom. The lowest BCUT2D eigenvalue weighted by Gasteiger charge is -2.32. The molecule has 9 heteroatoms. The summed E-state index contributed by atoms with van der Waals surface area (Å²) in [6, 6.07) is 9.75. The average Bonchev–Trinajstić information content (AvgIpc) is 3.19. The van der Waals surface area contributed by atoms with Gasteiger partial charge in [0.2, 0.25) is 0 Å². The largest absolute Gasteiger partial charge is 0.497 e. The van der Waals surface area contributed by atoms with E-state index in [4.69, 9.17) is 14.5 Å². The van der Waals surface area contributed by atoms with Crippen molar-refractivity contribution >= 4 is 27.6 Å². The van der Waals surface area contributed by atoms with Crippen molar-refractivity contribution in [1.29, 1.82) is 0 Å². The first-order valence-corrected chi connectivity index (χ1v) is 11.2. The van der Waals surface area contributed by atoms with E-state index in [2.05, 4.69) is 15.2 Å². The molecule has 1 aromatic carbocycles. The van der Waals surface area contributed by atoms with Crippen molar-refractivity contribution in [3.8, 4) is 16.2 Å². The molecule has 3 heterocycles. The van der Waals surface area contributed by atoms with Crippen LogP contribution in [0.15, 0.2) is 35.1 Å². The quantitative estimate of drug-likeness (QED) is 0.608. The minimum Gasteiger partial charge on any atom is -0.497 e. The lowest BCUT2D eigenvalue weighted by atomic mass is 10.1. The van der Waals surface area contributed by atoms with Gasteiger partial charge in [-0.3, -0.25) is 9.69 Å². The summed E-state index contributed by atoms with van der Waals surface area (Å²) in [7, 11) is 1.64. The monoisotopic (exact) mass is 442 g/mol. The Morgan fingerprint density at radius 2 is 2.16 bits per heavy atom. The van der Waals surface area contributed by atoms with Crippen LogP contribution in [-0.2, 0) is 11.3 Å². The molecule has 0 bridgehead atoms. The minimum absolute atomic E-state index is 0.0334. The molecule has 1 aliphatic rings. The van der Waals surface area contributed by atoms with Crippen LogP contribution in [0, 0.1) is 0 Å². The van der Waals surface area contributed by atoms with Gasteiger partial charge in [0.25, 0.3) is 5.56 Å². The number of hydrogen-bond acceptors (Lipinski definition) is 7. The number of nitrogens with one attached hydrogen (secondary N) is 2. The van der Waals surface area contributed by atoms with Crippen LogP contribution in [0.1, 0.15) is 25.6 Å². The second-order valence-electron chi connectivity index (χ2n) is 7.51. The SMILES string of the molecule is CCOC(=O)NC1CCCN(Cc2nc3cc(-c4ccc(OC)cc4)sc3c(=O)[nH]2)C1. The van der Waals surface area contributed by atoms with E-state index in [-0.39, 0.29) is 17.7 Å². The zero-order chi connectivity index (χ0) is 21.8. The molecule has 0 saturated carbocycles. The third-order valence-corrected chi connectivity index (χ3v) is 6.45. The van der Waals surface area contributed by atoms with E-state index in [9.17, 15) is 9.59 Å². The van der Waals surface area contributed by atoms with Crippen LogP contribution in [0.2, 0.25) is 0 Å². The van der Waals surface area contributed by atoms with Gasteiger partial charge < -0.3 is 19.8 Å². The summed E-state index contributed by atoms with van der Waals surface area (Å²) in [5.74, 6) is 1.42. The first-order valence-electron chi connectivity index (χ1n) is 10.4. The Kier molecular flexibility index (Phi) is 6.53. The highest BCUT2D eigenvalue weighted by atomic mass is 32.1. The third kappa shape index (κ3) is 5.05. The molecule has 1 unspecified atom stereocenters. The molecule has 1 amide bonds. The van der Waals surface area contributed by atoms with Crippen LogP contribution >= 0.6 is 11.3 Å². The Balaban J connectivity index is 1.49. The number of aromatic amines is 1. The van der Waals surface area contributed by atoms with Gasteiger partial charge in [-0.15, -0.1) is 11.3 Å². The summed E-state index contributed by atoms with van der Waals surface area (Å²) in [6.45, 7) is 4.26. The number of fused-ring (bicyclic) bond motifs is 1. The highest BCUT2D eigenvalue weighted by molar-refractivity contribution is 7.22. The molecule has 1 fully saturated rings. The molecular weight excluding hydrogens is 416 g/mol. The van der Waals surface area contributed by atoms with Crippen LogP contribution in [0.4, 0.5) is 4.79 Å². The van der Waals surface area contributed by atoms with Gasteiger partial charge in [0.05, 0.1) is 25.8 Å². The van der Waals surface area contributed by atoms with Crippen molar-refractivity contribution < 1.29 is 14.3 Å². The molecule has 1 saturated heterocycles. The summed E-state index contributed by atoms with van der Waals surface area (Å²) < 4.78 is 10.8. The lowest BCUT2D eigenvalue weighted by molar-refractivity contribution is 0.132. The number of methoxy groups -OCH3 is 1. The van der Waals surface area contributed by atoms with Gasteiger partial charge in [0.1, 0.15) is 16.3 Å². The van der Waals surface area contributed by atoms with Crippen molar-refractivity contribution in [3.63, 3.8) is 0 Å². The molecule has 8 nitrogen and oxygen atoms in total. The van der Waals surface area contributed by atoms with Crippen LogP contribution in [0.3, 0.4) is 0 Å². The zero-order valence-corrected chi connectivity index (χ0v) is 18.5. The number of ether oxygens (including phenoxy) is 2. The molecule has 0 aliphatic carbocycles. The van der Waals surface area contributed by atoms with Gasteiger partial charge in [0.15, 0.2) is 0 Å². The maximum atomic E-state index is 12.7. The van der Waals surface area contributed by atoms with Crippen LogP contribution in [0.25, 0.3) is 20.7 Å². The Labute approximate surface area is 184 Å². The number of H-pyrrole nitrogens is 1. The molecule has 4 rings (SSSR count). The lowest BCUT2D eigenvalue weighted by Crippen LogP contribution is -2.47. The van der Waals surface area contributed by atoms with E-state index in [1.54, 1.807) is 14.0 Å². The molecular formula is C22H26N4O4S. The maximum absolute atomic E-state index is 12.7. The van der Waals surface area contributed by atoms with Gasteiger partial charge in [-0.05, 0) is 62.2 Å². The van der Waals surface area contributed by atoms with Crippen LogP contribution < -0.4 is 15.6 Å². The van der Waals surface area contributed by atoms with Gasteiger partial charge >= 0.3 is 6.09 Å². The number of rotatable bonds is 6. The zero-order valence-electron chi connectivity index (χ0n) is 17.6. The summed E-state index contributed by atoms with van der Waals surface area (Å²) in [6.07, 6.45) is 1.49. The predicted octanol–water partition coefficient (Wildman–Crippen LogP) is 3.37. The van der Waals surface area contributed by atoms with E-state index in [0.717, 1.165) is 35.6 Å². The molecule has 2 aromatic heterocycles. The fourth-order valence-electron chi connectivity index (χ4n) is 3.83. The van der Waals surface area contributed by atoms with E-state index in [1.165, 1.54) is 11.3 Å². The van der Waals surface area contributed by atoms with Crippen molar-refractivity contribution in [1.82, 2.24) is 20.2 Å². The summed E-state index contributed by atoms with van der Waals surface area (Å²) >= 11 is 1.43. The number of hydrogen-bond donors (Lipinski definition) is 2. The number of thiophene rings is 1. The molecule has 0 spiro atoms. The Morgan fingerprint density at radius 3 is 2.90 bits per heavy atom. The topological polar surface area (TPSA) is 96.5 Å². The van der Waals surface area contributed by atoms with Crippen molar-refractivity contribution in [2.45, 2.75) is 32.4 Å². The summed E-state index contributed by atoms with van der Waals surface area (Å²) in [5, 5.41) is 2.90. The molecule has 1 atom stereocenters. The van der Waals surface area contributed by atoms with Gasteiger partial charge in [-0.25, -0.2) is 9.78 Å². The number of piperidine rings is 1.